The average molecular weight is 676 g/mol. The maximum absolute atomic E-state index is 6.83. The molecule has 246 valence electrons. The Kier molecular flexibility index (Phi) is 6.52. The molecule has 1 aliphatic heterocycles. The zero-order valence-corrected chi connectivity index (χ0v) is 28.5. The fourth-order valence-electron chi connectivity index (χ4n) is 7.89. The van der Waals surface area contributed by atoms with Gasteiger partial charge < -0.3 is 4.74 Å². The highest BCUT2D eigenvalue weighted by Crippen LogP contribution is 2.50. The Morgan fingerprint density at radius 2 is 0.830 bits per heavy atom. The van der Waals surface area contributed by atoms with Crippen LogP contribution >= 0.6 is 0 Å². The molecule has 0 atom stereocenters. The fraction of sp³-hybridized carbons (Fsp3) is 0. The first kappa shape index (κ1) is 29.5. The fourth-order valence-corrected chi connectivity index (χ4v) is 7.89. The van der Waals surface area contributed by atoms with Gasteiger partial charge in [0.25, 0.3) is 0 Å². The second-order valence-corrected chi connectivity index (χ2v) is 13.6. The predicted molar refractivity (Wildman–Crippen MR) is 217 cm³/mol. The van der Waals surface area contributed by atoms with Crippen molar-refractivity contribution in [3.8, 4) is 67.9 Å². The summed E-state index contributed by atoms with van der Waals surface area (Å²) in [6.07, 6.45) is 0. The second-order valence-electron chi connectivity index (χ2n) is 13.6. The van der Waals surface area contributed by atoms with Crippen LogP contribution in [0.4, 0.5) is 0 Å². The van der Waals surface area contributed by atoms with Gasteiger partial charge in [-0.2, -0.15) is 0 Å². The lowest BCUT2D eigenvalue weighted by Crippen LogP contribution is -2.03. The van der Waals surface area contributed by atoms with Crippen molar-refractivity contribution in [2.75, 3.05) is 0 Å². The molecule has 2 heterocycles. The Morgan fingerprint density at radius 1 is 0.302 bits per heavy atom. The molecule has 0 saturated heterocycles. The summed E-state index contributed by atoms with van der Waals surface area (Å²) >= 11 is 0. The molecule has 11 rings (SSSR count). The second kappa shape index (κ2) is 11.7. The summed E-state index contributed by atoms with van der Waals surface area (Å²) in [4.78, 5) is 15.4. The number of aromatic nitrogens is 3. The Bertz CT molecular complexity index is 3050. The molecule has 53 heavy (non-hydrogen) atoms. The van der Waals surface area contributed by atoms with Gasteiger partial charge in [-0.15, -0.1) is 0 Å². The molecule has 0 N–H and O–H groups in total. The van der Waals surface area contributed by atoms with Crippen molar-refractivity contribution in [1.82, 2.24) is 15.0 Å². The minimum absolute atomic E-state index is 0.565. The normalized spacial score (nSPS) is 11.9. The van der Waals surface area contributed by atoms with Crippen LogP contribution in [0.3, 0.4) is 0 Å². The Hall–Kier alpha value is -7.17. The minimum Gasteiger partial charge on any atom is -0.455 e. The van der Waals surface area contributed by atoms with Crippen molar-refractivity contribution < 1.29 is 4.74 Å². The van der Waals surface area contributed by atoms with E-state index in [2.05, 4.69) is 170 Å². The number of fused-ring (bicyclic) bond motifs is 1. The molecule has 1 aromatic heterocycles. The summed E-state index contributed by atoms with van der Waals surface area (Å²) in [6.45, 7) is 0. The number of ether oxygens (including phenoxy) is 1. The van der Waals surface area contributed by atoms with Gasteiger partial charge in [-0.1, -0.05) is 164 Å². The molecular weight excluding hydrogens is 647 g/mol. The van der Waals surface area contributed by atoms with Crippen LogP contribution in [0.2, 0.25) is 0 Å². The van der Waals surface area contributed by atoms with Gasteiger partial charge >= 0.3 is 0 Å². The first-order valence-electron chi connectivity index (χ1n) is 17.9. The van der Waals surface area contributed by atoms with Crippen LogP contribution in [0.15, 0.2) is 176 Å². The van der Waals surface area contributed by atoms with Crippen LogP contribution in [-0.4, -0.2) is 15.0 Å². The molecule has 0 fully saturated rings. The van der Waals surface area contributed by atoms with Crippen LogP contribution in [0.25, 0.3) is 99.5 Å². The summed E-state index contributed by atoms with van der Waals surface area (Å²) < 4.78 is 6.83. The summed E-state index contributed by atoms with van der Waals surface area (Å²) in [5, 5.41) is 9.33. The number of benzene rings is 9. The van der Waals surface area contributed by atoms with E-state index in [1.807, 2.05) is 6.07 Å². The molecule has 0 aliphatic carbocycles. The quantitative estimate of drug-likeness (QED) is 0.170. The van der Waals surface area contributed by atoms with Gasteiger partial charge in [0.05, 0.1) is 5.56 Å². The molecule has 0 amide bonds. The SMILES string of the molecule is c1ccc(-c2ccc(-c3nc(-c4ccc(-c5cccc6ccccc56)cc4)nc(-c4ccc5ccc6ccc7cccc8c7c6c5c4O8)n3)cc2)cc1. The molecule has 0 unspecified atom stereocenters. The van der Waals surface area contributed by atoms with Gasteiger partial charge in [0.1, 0.15) is 11.5 Å². The van der Waals surface area contributed by atoms with E-state index in [1.165, 1.54) is 27.1 Å². The van der Waals surface area contributed by atoms with Gasteiger partial charge in [-0.05, 0) is 61.3 Å². The molecular formula is C49H29N3O. The Balaban J connectivity index is 1.10. The van der Waals surface area contributed by atoms with Crippen LogP contribution in [0.1, 0.15) is 0 Å². The van der Waals surface area contributed by atoms with Gasteiger partial charge in [0, 0.05) is 27.3 Å². The molecule has 0 bridgehead atoms. The minimum atomic E-state index is 0.565. The zero-order valence-electron chi connectivity index (χ0n) is 28.5. The number of hydrogen-bond acceptors (Lipinski definition) is 4. The standard InChI is InChI=1S/C49H29N3O/c1-2-8-30(9-3-1)31-16-24-37(25-17-31)47-50-48(38-26-18-33(19-27-38)40-14-6-11-32-10-4-5-13-39(32)40)52-49(51-47)41-29-28-36-23-22-35-21-20-34-12-7-15-42-43(34)44(35)45(36)46(41)53-42/h1-29H. The first-order chi connectivity index (χ1) is 26.2. The smallest absolute Gasteiger partial charge is 0.167 e. The average Bonchev–Trinajstić information content (AvgIpc) is 3.23. The lowest BCUT2D eigenvalue weighted by molar-refractivity contribution is 0.494. The lowest BCUT2D eigenvalue weighted by Gasteiger charge is -2.22. The van der Waals surface area contributed by atoms with E-state index in [9.17, 15) is 0 Å². The topological polar surface area (TPSA) is 47.9 Å². The third-order valence-corrected chi connectivity index (χ3v) is 10.5. The molecule has 0 radical (unpaired) electrons. The summed E-state index contributed by atoms with van der Waals surface area (Å²) in [5.41, 5.74) is 7.28. The Morgan fingerprint density at radius 3 is 1.58 bits per heavy atom. The van der Waals surface area contributed by atoms with E-state index in [0.717, 1.165) is 66.4 Å². The number of nitrogens with zero attached hydrogens (tertiary/aromatic N) is 3. The highest BCUT2D eigenvalue weighted by atomic mass is 16.5. The predicted octanol–water partition coefficient (Wildman–Crippen LogP) is 12.9. The van der Waals surface area contributed by atoms with Crippen molar-refractivity contribution in [2.45, 2.75) is 0 Å². The maximum Gasteiger partial charge on any atom is 0.167 e. The van der Waals surface area contributed by atoms with Crippen molar-refractivity contribution in [3.05, 3.63) is 176 Å². The Labute approximate surface area is 305 Å². The van der Waals surface area contributed by atoms with Crippen molar-refractivity contribution in [2.24, 2.45) is 0 Å². The lowest BCUT2D eigenvalue weighted by atomic mass is 9.92. The first-order valence-corrected chi connectivity index (χ1v) is 17.9. The van der Waals surface area contributed by atoms with E-state index in [1.54, 1.807) is 0 Å². The molecule has 4 heteroatoms. The molecule has 9 aromatic carbocycles. The third kappa shape index (κ3) is 4.80. The van der Waals surface area contributed by atoms with E-state index < -0.39 is 0 Å². The van der Waals surface area contributed by atoms with E-state index in [-0.39, 0.29) is 0 Å². The van der Waals surface area contributed by atoms with Gasteiger partial charge in [0.2, 0.25) is 0 Å². The maximum atomic E-state index is 6.83. The van der Waals surface area contributed by atoms with Gasteiger partial charge in [0.15, 0.2) is 17.5 Å². The van der Waals surface area contributed by atoms with Crippen molar-refractivity contribution in [1.29, 1.82) is 0 Å². The van der Waals surface area contributed by atoms with Crippen LogP contribution in [0.5, 0.6) is 11.5 Å². The third-order valence-electron chi connectivity index (χ3n) is 10.5. The molecule has 10 aromatic rings. The van der Waals surface area contributed by atoms with Gasteiger partial charge in [-0.25, -0.2) is 15.0 Å². The van der Waals surface area contributed by atoms with E-state index >= 15 is 0 Å². The monoisotopic (exact) mass is 675 g/mol. The highest BCUT2D eigenvalue weighted by Gasteiger charge is 2.24. The summed E-state index contributed by atoms with van der Waals surface area (Å²) in [5.74, 6) is 3.39. The number of rotatable bonds is 5. The van der Waals surface area contributed by atoms with Crippen LogP contribution < -0.4 is 4.74 Å². The van der Waals surface area contributed by atoms with E-state index in [0.29, 0.717) is 17.5 Å². The molecule has 1 aliphatic rings. The molecule has 0 spiro atoms. The highest BCUT2D eigenvalue weighted by molar-refractivity contribution is 6.26. The van der Waals surface area contributed by atoms with E-state index in [4.69, 9.17) is 19.7 Å². The van der Waals surface area contributed by atoms with Crippen molar-refractivity contribution in [3.63, 3.8) is 0 Å². The molecule has 0 saturated carbocycles. The van der Waals surface area contributed by atoms with Gasteiger partial charge in [-0.3, -0.25) is 0 Å². The number of hydrogen-bond donors (Lipinski definition) is 0. The van der Waals surface area contributed by atoms with Crippen LogP contribution in [0, 0.1) is 0 Å². The summed E-state index contributed by atoms with van der Waals surface area (Å²) in [6, 6.07) is 61.6. The van der Waals surface area contributed by atoms with Crippen LogP contribution in [-0.2, 0) is 0 Å². The zero-order chi connectivity index (χ0) is 34.9. The van der Waals surface area contributed by atoms with Crippen molar-refractivity contribution >= 4 is 43.1 Å². The molecule has 4 nitrogen and oxygen atoms in total. The summed E-state index contributed by atoms with van der Waals surface area (Å²) in [7, 11) is 0. The largest absolute Gasteiger partial charge is 0.455 e.